The van der Waals surface area contributed by atoms with E-state index in [2.05, 4.69) is 35.9 Å². The fourth-order valence-electron chi connectivity index (χ4n) is 4.21. The first-order chi connectivity index (χ1) is 17.0. The van der Waals surface area contributed by atoms with Crippen LogP contribution in [0.2, 0.25) is 0 Å². The van der Waals surface area contributed by atoms with E-state index in [0.29, 0.717) is 53.6 Å². The van der Waals surface area contributed by atoms with Gasteiger partial charge in [0.1, 0.15) is 6.33 Å². The second-order valence-electron chi connectivity index (χ2n) is 8.36. The molecule has 1 saturated heterocycles. The zero-order valence-corrected chi connectivity index (χ0v) is 19.7. The Labute approximate surface area is 201 Å². The van der Waals surface area contributed by atoms with Crippen LogP contribution >= 0.6 is 0 Å². The van der Waals surface area contributed by atoms with Gasteiger partial charge in [-0.15, -0.1) is 10.2 Å². The summed E-state index contributed by atoms with van der Waals surface area (Å²) < 4.78 is 7.21. The predicted molar refractivity (Wildman–Crippen MR) is 127 cm³/mol. The Hall–Kier alpha value is -4.29. The first kappa shape index (κ1) is 22.5. The summed E-state index contributed by atoms with van der Waals surface area (Å²) in [4.78, 5) is 37.7. The van der Waals surface area contributed by atoms with E-state index in [0.717, 1.165) is 19.3 Å². The van der Waals surface area contributed by atoms with E-state index < -0.39 is 5.91 Å². The van der Waals surface area contributed by atoms with Gasteiger partial charge >= 0.3 is 6.03 Å². The molecule has 4 heterocycles. The van der Waals surface area contributed by atoms with Crippen molar-refractivity contribution < 1.29 is 14.3 Å². The number of ether oxygens (including phenoxy) is 1. The third kappa shape index (κ3) is 4.09. The van der Waals surface area contributed by atoms with Gasteiger partial charge in [-0.1, -0.05) is 0 Å². The third-order valence-electron chi connectivity index (χ3n) is 6.26. The Morgan fingerprint density at radius 1 is 1.20 bits per heavy atom. The van der Waals surface area contributed by atoms with E-state index in [1.165, 1.54) is 14.2 Å². The van der Waals surface area contributed by atoms with E-state index in [1.807, 2.05) is 4.90 Å². The highest BCUT2D eigenvalue weighted by molar-refractivity contribution is 6.00. The largest absolute Gasteiger partial charge is 0.492 e. The van der Waals surface area contributed by atoms with Crippen molar-refractivity contribution in [3.8, 4) is 17.1 Å². The monoisotopic (exact) mass is 478 g/mol. The van der Waals surface area contributed by atoms with Crippen LogP contribution in [0, 0.1) is 0 Å². The summed E-state index contributed by atoms with van der Waals surface area (Å²) in [5.74, 6) is 1.12. The van der Waals surface area contributed by atoms with Gasteiger partial charge < -0.3 is 20.3 Å². The number of urea groups is 1. The first-order valence-electron chi connectivity index (χ1n) is 11.3. The van der Waals surface area contributed by atoms with Crippen molar-refractivity contribution in [1.29, 1.82) is 0 Å². The molecule has 0 aromatic carbocycles. The van der Waals surface area contributed by atoms with Crippen molar-refractivity contribution in [3.05, 3.63) is 30.4 Å². The Balaban J connectivity index is 1.50. The predicted octanol–water partition coefficient (Wildman–Crippen LogP) is 1.57. The SMILES string of the molecule is CNC(=O)c1nnc(N2CCN(C3CCC3)C2=O)cc1Nc1nccc(-c2ncn(C)n2)c1OC. The zero-order chi connectivity index (χ0) is 24.5. The molecule has 0 radical (unpaired) electrons. The van der Waals surface area contributed by atoms with Gasteiger partial charge in [-0.2, -0.15) is 5.10 Å². The number of pyridine rings is 1. The number of anilines is 3. The van der Waals surface area contributed by atoms with Crippen molar-refractivity contribution in [3.63, 3.8) is 0 Å². The number of carbonyl (C=O) groups is 2. The van der Waals surface area contributed by atoms with E-state index in [-0.39, 0.29) is 11.7 Å². The molecule has 0 unspecified atom stereocenters. The number of rotatable bonds is 7. The molecule has 0 atom stereocenters. The van der Waals surface area contributed by atoms with Crippen molar-refractivity contribution in [2.75, 3.05) is 37.5 Å². The number of carbonyl (C=O) groups excluding carboxylic acids is 2. The number of nitrogens with one attached hydrogen (secondary N) is 2. The molecule has 1 saturated carbocycles. The van der Waals surface area contributed by atoms with Gasteiger partial charge in [-0.05, 0) is 25.3 Å². The van der Waals surface area contributed by atoms with Crippen LogP contribution in [0.15, 0.2) is 24.7 Å². The van der Waals surface area contributed by atoms with E-state index in [4.69, 9.17) is 4.74 Å². The van der Waals surface area contributed by atoms with Gasteiger partial charge in [-0.3, -0.25) is 14.4 Å². The Bertz CT molecular complexity index is 1270. The Morgan fingerprint density at radius 2 is 2.03 bits per heavy atom. The summed E-state index contributed by atoms with van der Waals surface area (Å²) in [6.07, 6.45) is 6.38. The zero-order valence-electron chi connectivity index (χ0n) is 19.7. The smallest absolute Gasteiger partial charge is 0.326 e. The van der Waals surface area contributed by atoms with E-state index >= 15 is 0 Å². The van der Waals surface area contributed by atoms with Gasteiger partial charge in [0, 0.05) is 45.5 Å². The van der Waals surface area contributed by atoms with Gasteiger partial charge in [0.05, 0.1) is 18.4 Å². The van der Waals surface area contributed by atoms with Gasteiger partial charge in [0.15, 0.2) is 28.9 Å². The maximum absolute atomic E-state index is 13.0. The molecule has 1 aliphatic carbocycles. The molecule has 2 aliphatic rings. The third-order valence-corrected chi connectivity index (χ3v) is 6.26. The van der Waals surface area contributed by atoms with Crippen LogP contribution in [0.5, 0.6) is 5.75 Å². The molecule has 13 heteroatoms. The molecule has 35 heavy (non-hydrogen) atoms. The molecule has 13 nitrogen and oxygen atoms in total. The lowest BCUT2D eigenvalue weighted by molar-refractivity contribution is 0.0958. The molecule has 0 bridgehead atoms. The highest BCUT2D eigenvalue weighted by Crippen LogP contribution is 2.36. The van der Waals surface area contributed by atoms with Crippen molar-refractivity contribution in [2.45, 2.75) is 25.3 Å². The van der Waals surface area contributed by atoms with Crippen LogP contribution in [0.3, 0.4) is 0 Å². The second-order valence-corrected chi connectivity index (χ2v) is 8.36. The number of hydrogen-bond acceptors (Lipinski definition) is 9. The van der Waals surface area contributed by atoms with Crippen LogP contribution in [-0.2, 0) is 7.05 Å². The fourth-order valence-corrected chi connectivity index (χ4v) is 4.21. The minimum Gasteiger partial charge on any atom is -0.492 e. The lowest BCUT2D eigenvalue weighted by atomic mass is 9.92. The maximum Gasteiger partial charge on any atom is 0.326 e. The Morgan fingerprint density at radius 3 is 2.69 bits per heavy atom. The normalized spacial score (nSPS) is 15.8. The average Bonchev–Trinajstić information content (AvgIpc) is 3.43. The molecule has 2 fully saturated rings. The number of amides is 3. The molecule has 1 aliphatic heterocycles. The molecule has 2 N–H and O–H groups in total. The van der Waals surface area contributed by atoms with Crippen LogP contribution < -0.4 is 20.3 Å². The first-order valence-corrected chi connectivity index (χ1v) is 11.3. The topological polar surface area (TPSA) is 143 Å². The van der Waals surface area contributed by atoms with Crippen LogP contribution in [0.1, 0.15) is 29.8 Å². The minimum atomic E-state index is -0.433. The van der Waals surface area contributed by atoms with Gasteiger partial charge in [-0.25, -0.2) is 14.8 Å². The summed E-state index contributed by atoms with van der Waals surface area (Å²) in [6.45, 7) is 1.14. The van der Waals surface area contributed by atoms with Crippen molar-refractivity contribution in [1.82, 2.24) is 40.2 Å². The molecular formula is C22H26N10O3. The van der Waals surface area contributed by atoms with Crippen molar-refractivity contribution in [2.24, 2.45) is 7.05 Å². The highest BCUT2D eigenvalue weighted by Gasteiger charge is 2.38. The minimum absolute atomic E-state index is 0.0592. The van der Waals surface area contributed by atoms with Gasteiger partial charge in [0.2, 0.25) is 0 Å². The summed E-state index contributed by atoms with van der Waals surface area (Å²) in [7, 11) is 4.80. The standard InChI is InChI=1S/C22H26N10O3/c1-23-21(33)17-15(11-16(27-28-17)32-10-9-31(22(32)34)13-5-4-6-13)26-20-18(35-3)14(7-8-24-20)19-25-12-30(2)29-19/h7-8,11-13H,4-6,9-10H2,1-3H3,(H,23,33)(H,24,26,27). The lowest BCUT2D eigenvalue weighted by Gasteiger charge is -2.34. The number of nitrogens with zero attached hydrogens (tertiary/aromatic N) is 8. The van der Waals surface area contributed by atoms with Crippen LogP contribution in [0.4, 0.5) is 22.1 Å². The van der Waals surface area contributed by atoms with Gasteiger partial charge in [0.25, 0.3) is 5.91 Å². The average molecular weight is 479 g/mol. The molecule has 3 aromatic heterocycles. The molecular weight excluding hydrogens is 452 g/mol. The van der Waals surface area contributed by atoms with E-state index in [9.17, 15) is 9.59 Å². The quantitative estimate of drug-likeness (QED) is 0.517. The number of methoxy groups -OCH3 is 1. The van der Waals surface area contributed by atoms with E-state index in [1.54, 1.807) is 41.3 Å². The summed E-state index contributed by atoms with van der Waals surface area (Å²) >= 11 is 0. The lowest BCUT2D eigenvalue weighted by Crippen LogP contribution is -2.43. The number of aromatic nitrogens is 6. The fraction of sp³-hybridized carbons (Fsp3) is 0.409. The summed E-state index contributed by atoms with van der Waals surface area (Å²) in [5.41, 5.74) is 1.02. The number of hydrogen-bond donors (Lipinski definition) is 2. The molecule has 5 rings (SSSR count). The van der Waals surface area contributed by atoms with Crippen LogP contribution in [-0.4, -0.2) is 80.1 Å². The molecule has 0 spiro atoms. The van der Waals surface area contributed by atoms with Crippen molar-refractivity contribution >= 4 is 29.3 Å². The molecule has 3 amide bonds. The molecule has 182 valence electrons. The summed E-state index contributed by atoms with van der Waals surface area (Å²) in [5, 5.41) is 18.4. The second kappa shape index (κ2) is 9.16. The molecule has 3 aromatic rings. The maximum atomic E-state index is 13.0. The number of aryl methyl sites for hydroxylation is 1. The highest BCUT2D eigenvalue weighted by atomic mass is 16.5. The summed E-state index contributed by atoms with van der Waals surface area (Å²) in [6, 6.07) is 3.57. The van der Waals surface area contributed by atoms with Crippen LogP contribution in [0.25, 0.3) is 11.4 Å². The Kier molecular flexibility index (Phi) is 5.89.